The maximum atomic E-state index is 11.8. The number of aliphatic hydroxyl groups is 2. The topological polar surface area (TPSA) is 149 Å². The summed E-state index contributed by atoms with van der Waals surface area (Å²) in [5.41, 5.74) is 5.43. The number of ether oxygens (including phenoxy) is 2. The van der Waals surface area contributed by atoms with Gasteiger partial charge in [0.15, 0.2) is 17.4 Å². The predicted molar refractivity (Wildman–Crippen MR) is 82.8 cm³/mol. The van der Waals surface area contributed by atoms with Gasteiger partial charge >= 0.3 is 0 Å². The molecule has 1 aliphatic rings. The van der Waals surface area contributed by atoms with Gasteiger partial charge in [-0.25, -0.2) is 4.98 Å². The Morgan fingerprint density at radius 3 is 3.09 bits per heavy atom. The number of nitrogen functional groups attached to an aromatic ring is 1. The molecule has 0 radical (unpaired) electrons. The highest BCUT2D eigenvalue weighted by Crippen LogP contribution is 2.33. The Kier molecular flexibility index (Phi) is 4.55. The van der Waals surface area contributed by atoms with E-state index in [1.54, 1.807) is 0 Å². The van der Waals surface area contributed by atoms with Crippen LogP contribution in [-0.4, -0.2) is 66.8 Å². The molecule has 2 unspecified atom stereocenters. The number of H-pyrrole nitrogens is 1. The van der Waals surface area contributed by atoms with Crippen molar-refractivity contribution >= 4 is 28.9 Å². The quantitative estimate of drug-likeness (QED) is 0.484. The number of hydrogen-bond acceptors (Lipinski definition) is 9. The normalized spacial score (nSPS) is 27.8. The van der Waals surface area contributed by atoms with Crippen molar-refractivity contribution in [2.24, 2.45) is 0 Å². The summed E-state index contributed by atoms with van der Waals surface area (Å²) in [6.45, 7) is -0.362. The summed E-state index contributed by atoms with van der Waals surface area (Å²) in [5.74, 6) is 0.283. The van der Waals surface area contributed by atoms with Crippen LogP contribution in [0.2, 0.25) is 0 Å². The molecule has 10 nitrogen and oxygen atoms in total. The first-order valence-electron chi connectivity index (χ1n) is 6.84. The number of nitrogens with two attached hydrogens (primary N) is 1. The van der Waals surface area contributed by atoms with E-state index < -0.39 is 30.1 Å². The van der Waals surface area contributed by atoms with Crippen molar-refractivity contribution in [2.45, 2.75) is 24.5 Å². The van der Waals surface area contributed by atoms with Gasteiger partial charge in [0.2, 0.25) is 5.95 Å². The van der Waals surface area contributed by atoms with E-state index in [0.717, 1.165) is 0 Å². The Morgan fingerprint density at radius 1 is 1.61 bits per heavy atom. The summed E-state index contributed by atoms with van der Waals surface area (Å²) in [6.07, 6.45) is -0.112. The molecule has 2 aromatic heterocycles. The Morgan fingerprint density at radius 2 is 2.39 bits per heavy atom. The van der Waals surface area contributed by atoms with Crippen LogP contribution in [0.3, 0.4) is 0 Å². The van der Waals surface area contributed by atoms with Gasteiger partial charge in [-0.15, -0.1) is 11.8 Å². The van der Waals surface area contributed by atoms with Gasteiger partial charge in [0, 0.05) is 0 Å². The lowest BCUT2D eigenvalue weighted by molar-refractivity contribution is -0.0607. The van der Waals surface area contributed by atoms with Crippen molar-refractivity contribution in [3.8, 4) is 0 Å². The van der Waals surface area contributed by atoms with E-state index in [0.29, 0.717) is 5.94 Å². The van der Waals surface area contributed by atoms with Gasteiger partial charge in [0.05, 0.1) is 18.9 Å². The largest absolute Gasteiger partial charge is 0.394 e. The second kappa shape index (κ2) is 6.45. The van der Waals surface area contributed by atoms with E-state index in [1.807, 2.05) is 6.26 Å². The van der Waals surface area contributed by atoms with Crippen LogP contribution in [-0.2, 0) is 9.47 Å². The molecule has 11 heteroatoms. The van der Waals surface area contributed by atoms with Crippen LogP contribution in [0.5, 0.6) is 0 Å². The van der Waals surface area contributed by atoms with Crippen molar-refractivity contribution in [3.63, 3.8) is 0 Å². The average Bonchev–Trinajstić information content (AvgIpc) is 3.06. The molecule has 0 amide bonds. The fourth-order valence-corrected chi connectivity index (χ4v) is 2.84. The predicted octanol–water partition coefficient (Wildman–Crippen LogP) is -1.34. The summed E-state index contributed by atoms with van der Waals surface area (Å²) in [6, 6.07) is 0. The van der Waals surface area contributed by atoms with E-state index in [1.165, 1.54) is 22.7 Å². The van der Waals surface area contributed by atoms with Gasteiger partial charge < -0.3 is 25.4 Å². The highest BCUT2D eigenvalue weighted by molar-refractivity contribution is 7.98. The van der Waals surface area contributed by atoms with Crippen molar-refractivity contribution in [2.75, 3.05) is 24.5 Å². The van der Waals surface area contributed by atoms with E-state index in [-0.39, 0.29) is 23.7 Å². The molecule has 0 aromatic carbocycles. The number of hydrogen-bond donors (Lipinski definition) is 4. The molecule has 1 saturated heterocycles. The molecule has 23 heavy (non-hydrogen) atoms. The number of rotatable bonds is 5. The van der Waals surface area contributed by atoms with Crippen LogP contribution >= 0.6 is 11.8 Å². The lowest BCUT2D eigenvalue weighted by Crippen LogP contribution is -2.35. The Hall–Kier alpha value is -1.66. The summed E-state index contributed by atoms with van der Waals surface area (Å²) >= 11 is 1.44. The van der Waals surface area contributed by atoms with Gasteiger partial charge in [-0.2, -0.15) is 4.98 Å². The molecule has 1 aliphatic heterocycles. The van der Waals surface area contributed by atoms with Gasteiger partial charge in [0.25, 0.3) is 5.56 Å². The van der Waals surface area contributed by atoms with Crippen LogP contribution in [0.1, 0.15) is 6.23 Å². The van der Waals surface area contributed by atoms with Gasteiger partial charge in [-0.05, 0) is 6.26 Å². The molecule has 3 heterocycles. The number of nitrogens with one attached hydrogen (secondary N) is 1. The summed E-state index contributed by atoms with van der Waals surface area (Å²) in [5, 5.41) is 19.6. The number of imidazole rings is 1. The molecule has 0 bridgehead atoms. The molecule has 0 saturated carbocycles. The molecular weight excluding hydrogens is 326 g/mol. The SMILES string of the molecule is CSCOC1C(O)[C@@H](CO)O[C@H]1n1cnc2c(=O)[nH]c(N)nc21. The lowest BCUT2D eigenvalue weighted by atomic mass is 10.1. The zero-order valence-corrected chi connectivity index (χ0v) is 13.1. The van der Waals surface area contributed by atoms with E-state index in [4.69, 9.17) is 15.2 Å². The Labute approximate surface area is 134 Å². The fourth-order valence-electron chi connectivity index (χ4n) is 2.55. The number of anilines is 1. The first kappa shape index (κ1) is 16.2. The van der Waals surface area contributed by atoms with Crippen molar-refractivity contribution in [1.29, 1.82) is 0 Å². The first-order valence-corrected chi connectivity index (χ1v) is 8.23. The molecule has 4 atom stereocenters. The van der Waals surface area contributed by atoms with E-state index in [2.05, 4.69) is 15.0 Å². The second-order valence-corrected chi connectivity index (χ2v) is 5.86. The van der Waals surface area contributed by atoms with Crippen LogP contribution < -0.4 is 11.3 Å². The highest BCUT2D eigenvalue weighted by atomic mass is 32.2. The average molecular weight is 343 g/mol. The standard InChI is InChI=1S/C12H17N5O5S/c1-23-4-21-8-7(19)5(2-18)22-11(8)17-3-14-6-9(17)15-12(13)16-10(6)20/h3,5,7-8,11,18-19H,2,4H2,1H3,(H3,13,15,16,20)/t5-,7?,8?,11-/m1/s1. The smallest absolute Gasteiger partial charge is 0.280 e. The zero-order chi connectivity index (χ0) is 16.6. The number of aromatic amines is 1. The van der Waals surface area contributed by atoms with Crippen molar-refractivity contribution in [1.82, 2.24) is 19.5 Å². The lowest BCUT2D eigenvalue weighted by Gasteiger charge is -2.21. The zero-order valence-electron chi connectivity index (χ0n) is 12.2. The maximum Gasteiger partial charge on any atom is 0.280 e. The molecule has 0 spiro atoms. The fraction of sp³-hybridized carbons (Fsp3) is 0.583. The summed E-state index contributed by atoms with van der Waals surface area (Å²) in [4.78, 5) is 22.3. The number of nitrogens with zero attached hydrogens (tertiary/aromatic N) is 3. The minimum absolute atomic E-state index is 0.0527. The molecule has 0 aliphatic carbocycles. The third-order valence-electron chi connectivity index (χ3n) is 3.60. The summed E-state index contributed by atoms with van der Waals surface area (Å²) < 4.78 is 12.8. The van der Waals surface area contributed by atoms with Crippen LogP contribution in [0.25, 0.3) is 11.2 Å². The second-order valence-electron chi connectivity index (χ2n) is 5.05. The monoisotopic (exact) mass is 343 g/mol. The minimum atomic E-state index is -1.02. The highest BCUT2D eigenvalue weighted by Gasteiger charge is 2.45. The molecular formula is C12H17N5O5S. The molecule has 3 rings (SSSR count). The van der Waals surface area contributed by atoms with Gasteiger partial charge in [-0.1, -0.05) is 0 Å². The molecule has 2 aromatic rings. The molecule has 1 fully saturated rings. The van der Waals surface area contributed by atoms with Crippen LogP contribution in [0.4, 0.5) is 5.95 Å². The van der Waals surface area contributed by atoms with Crippen molar-refractivity contribution < 1.29 is 19.7 Å². The Balaban J connectivity index is 2.03. The number of aromatic nitrogens is 4. The number of fused-ring (bicyclic) bond motifs is 1. The maximum absolute atomic E-state index is 11.8. The molecule has 126 valence electrons. The van der Waals surface area contributed by atoms with Gasteiger partial charge in [0.1, 0.15) is 18.3 Å². The first-order chi connectivity index (χ1) is 11.1. The third-order valence-corrected chi connectivity index (χ3v) is 3.97. The van der Waals surface area contributed by atoms with Crippen LogP contribution in [0.15, 0.2) is 11.1 Å². The van der Waals surface area contributed by atoms with Gasteiger partial charge in [-0.3, -0.25) is 14.3 Å². The van der Waals surface area contributed by atoms with E-state index in [9.17, 15) is 15.0 Å². The van der Waals surface area contributed by atoms with Crippen LogP contribution in [0, 0.1) is 0 Å². The molecule has 5 N–H and O–H groups in total. The summed E-state index contributed by atoms with van der Waals surface area (Å²) in [7, 11) is 0. The van der Waals surface area contributed by atoms with Crippen molar-refractivity contribution in [3.05, 3.63) is 16.7 Å². The number of aliphatic hydroxyl groups excluding tert-OH is 2. The number of thioether (sulfide) groups is 1. The minimum Gasteiger partial charge on any atom is -0.394 e. The Bertz CT molecular complexity index is 749. The van der Waals surface area contributed by atoms with E-state index >= 15 is 0 Å². The third kappa shape index (κ3) is 2.81.